The number of piperidine rings is 1. The first kappa shape index (κ1) is 31.2. The molecule has 0 amide bonds. The van der Waals surface area contributed by atoms with Crippen LogP contribution in [-0.4, -0.2) is 44.9 Å². The van der Waals surface area contributed by atoms with E-state index in [4.69, 9.17) is 19.2 Å². The minimum Gasteiger partial charge on any atom is -0.473 e. The quantitative estimate of drug-likeness (QED) is 0.165. The van der Waals surface area contributed by atoms with Crippen molar-refractivity contribution < 1.29 is 24.1 Å². The molecule has 3 heterocycles. The molecule has 6 rings (SSSR count). The van der Waals surface area contributed by atoms with E-state index in [2.05, 4.69) is 27.7 Å². The SMILES string of the molecule is CC(C)(C)OC(=O)CC1(O)CCN(c2cccc3c2ccn3-c2ccc(OCc3ccccc3)nc2OCc2ccccc2)CC1. The van der Waals surface area contributed by atoms with E-state index < -0.39 is 11.2 Å². The molecule has 3 aromatic carbocycles. The zero-order valence-electron chi connectivity index (χ0n) is 26.7. The predicted molar refractivity (Wildman–Crippen MR) is 179 cm³/mol. The van der Waals surface area contributed by atoms with Gasteiger partial charge in [-0.25, -0.2) is 0 Å². The number of hydrogen-bond donors (Lipinski definition) is 1. The fourth-order valence-corrected chi connectivity index (χ4v) is 5.87. The lowest BCUT2D eigenvalue weighted by molar-refractivity contribution is -0.161. The van der Waals surface area contributed by atoms with Crippen LogP contribution in [0.5, 0.6) is 11.8 Å². The molecule has 0 radical (unpaired) electrons. The predicted octanol–water partition coefficient (Wildman–Crippen LogP) is 7.25. The van der Waals surface area contributed by atoms with E-state index in [-0.39, 0.29) is 12.4 Å². The van der Waals surface area contributed by atoms with Crippen molar-refractivity contribution in [1.82, 2.24) is 9.55 Å². The number of carbonyl (C=O) groups is 1. The maximum atomic E-state index is 12.5. The summed E-state index contributed by atoms with van der Waals surface area (Å²) in [7, 11) is 0. The summed E-state index contributed by atoms with van der Waals surface area (Å²) in [5.41, 5.74) is 3.36. The number of carbonyl (C=O) groups excluding carboxylic acids is 1. The molecule has 5 aromatic rings. The Balaban J connectivity index is 1.24. The molecule has 0 unspecified atom stereocenters. The summed E-state index contributed by atoms with van der Waals surface area (Å²) in [6.07, 6.45) is 3.00. The maximum absolute atomic E-state index is 12.5. The monoisotopic (exact) mass is 619 g/mol. The van der Waals surface area contributed by atoms with Crippen LogP contribution in [0.3, 0.4) is 0 Å². The largest absolute Gasteiger partial charge is 0.473 e. The van der Waals surface area contributed by atoms with Crippen LogP contribution in [0.15, 0.2) is 103 Å². The molecule has 46 heavy (non-hydrogen) atoms. The Bertz CT molecular complexity index is 1770. The summed E-state index contributed by atoms with van der Waals surface area (Å²) in [4.78, 5) is 19.5. The molecule has 8 heteroatoms. The number of anilines is 1. The highest BCUT2D eigenvalue weighted by Gasteiger charge is 2.36. The maximum Gasteiger partial charge on any atom is 0.309 e. The van der Waals surface area contributed by atoms with Gasteiger partial charge in [-0.05, 0) is 69.0 Å². The fraction of sp³-hybridized carbons (Fsp3) is 0.316. The molecule has 0 saturated carbocycles. The van der Waals surface area contributed by atoms with Gasteiger partial charge in [0, 0.05) is 36.4 Å². The Labute approximate surface area is 270 Å². The number of nitrogens with zero attached hydrogens (tertiary/aromatic N) is 3. The van der Waals surface area contributed by atoms with Gasteiger partial charge in [0.05, 0.1) is 17.5 Å². The van der Waals surface area contributed by atoms with Gasteiger partial charge in [-0.1, -0.05) is 66.7 Å². The molecular weight excluding hydrogens is 578 g/mol. The van der Waals surface area contributed by atoms with Crippen LogP contribution in [-0.2, 0) is 22.7 Å². The van der Waals surface area contributed by atoms with Crippen molar-refractivity contribution >= 4 is 22.6 Å². The molecule has 0 spiro atoms. The summed E-state index contributed by atoms with van der Waals surface area (Å²) in [6, 6.07) is 32.2. The number of aliphatic hydroxyl groups is 1. The second kappa shape index (κ2) is 13.3. The van der Waals surface area contributed by atoms with Gasteiger partial charge in [0.25, 0.3) is 0 Å². The lowest BCUT2D eigenvalue weighted by Crippen LogP contribution is -2.46. The molecule has 8 nitrogen and oxygen atoms in total. The molecule has 0 bridgehead atoms. The van der Waals surface area contributed by atoms with Crippen molar-refractivity contribution in [3.8, 4) is 17.4 Å². The summed E-state index contributed by atoms with van der Waals surface area (Å²) in [5, 5.41) is 12.3. The Morgan fingerprint density at radius 1 is 0.804 bits per heavy atom. The van der Waals surface area contributed by atoms with E-state index in [0.717, 1.165) is 33.4 Å². The number of fused-ring (bicyclic) bond motifs is 1. The minimum atomic E-state index is -1.07. The van der Waals surface area contributed by atoms with Gasteiger partial charge in [0.1, 0.15) is 24.5 Å². The van der Waals surface area contributed by atoms with Gasteiger partial charge in [-0.15, -0.1) is 0 Å². The number of hydrogen-bond acceptors (Lipinski definition) is 7. The number of pyridine rings is 1. The van der Waals surface area contributed by atoms with Crippen LogP contribution in [0, 0.1) is 0 Å². The molecule has 238 valence electrons. The molecule has 1 saturated heterocycles. The molecule has 0 aliphatic carbocycles. The topological polar surface area (TPSA) is 86.1 Å². The van der Waals surface area contributed by atoms with Crippen LogP contribution in [0.4, 0.5) is 5.69 Å². The van der Waals surface area contributed by atoms with E-state index >= 15 is 0 Å². The highest BCUT2D eigenvalue weighted by Crippen LogP contribution is 2.36. The molecule has 1 N–H and O–H groups in total. The van der Waals surface area contributed by atoms with Crippen LogP contribution in [0.1, 0.15) is 51.2 Å². The summed E-state index contributed by atoms with van der Waals surface area (Å²) in [5.74, 6) is 0.598. The summed E-state index contributed by atoms with van der Waals surface area (Å²) < 4.78 is 20.0. The van der Waals surface area contributed by atoms with E-state index in [1.807, 2.05) is 106 Å². The van der Waals surface area contributed by atoms with Crippen molar-refractivity contribution in [3.05, 3.63) is 114 Å². The first-order valence-corrected chi connectivity index (χ1v) is 15.8. The molecule has 1 aliphatic rings. The van der Waals surface area contributed by atoms with Crippen molar-refractivity contribution in [1.29, 1.82) is 0 Å². The van der Waals surface area contributed by atoms with E-state index in [1.54, 1.807) is 0 Å². The molecular formula is C38H41N3O5. The lowest BCUT2D eigenvalue weighted by atomic mass is 9.88. The minimum absolute atomic E-state index is 0.00248. The van der Waals surface area contributed by atoms with Gasteiger partial charge in [0.15, 0.2) is 0 Å². The Hall–Kier alpha value is -4.82. The van der Waals surface area contributed by atoms with Gasteiger partial charge in [-0.3, -0.25) is 4.79 Å². The average molecular weight is 620 g/mol. The van der Waals surface area contributed by atoms with E-state index in [0.29, 0.717) is 50.9 Å². The molecule has 0 atom stereocenters. The Morgan fingerprint density at radius 2 is 1.46 bits per heavy atom. The lowest BCUT2D eigenvalue weighted by Gasteiger charge is -2.39. The molecule has 1 fully saturated rings. The number of aromatic nitrogens is 2. The van der Waals surface area contributed by atoms with Gasteiger partial charge < -0.3 is 28.8 Å². The van der Waals surface area contributed by atoms with Crippen LogP contribution in [0.25, 0.3) is 16.6 Å². The number of esters is 1. The van der Waals surface area contributed by atoms with Crippen molar-refractivity contribution in [2.24, 2.45) is 0 Å². The first-order valence-electron chi connectivity index (χ1n) is 15.8. The Morgan fingerprint density at radius 3 is 2.11 bits per heavy atom. The van der Waals surface area contributed by atoms with Crippen molar-refractivity contribution in [2.75, 3.05) is 18.0 Å². The summed E-state index contributed by atoms with van der Waals surface area (Å²) >= 11 is 0. The van der Waals surface area contributed by atoms with Gasteiger partial charge >= 0.3 is 5.97 Å². The van der Waals surface area contributed by atoms with Gasteiger partial charge in [0.2, 0.25) is 11.8 Å². The smallest absolute Gasteiger partial charge is 0.309 e. The Kier molecular flexibility index (Phi) is 8.99. The molecule has 1 aliphatic heterocycles. The van der Waals surface area contributed by atoms with Crippen molar-refractivity contribution in [2.45, 2.75) is 64.4 Å². The zero-order chi connectivity index (χ0) is 32.1. The van der Waals surface area contributed by atoms with E-state index in [9.17, 15) is 9.90 Å². The number of ether oxygens (including phenoxy) is 3. The fourth-order valence-electron chi connectivity index (χ4n) is 5.87. The second-order valence-corrected chi connectivity index (χ2v) is 12.9. The molecule has 2 aromatic heterocycles. The summed E-state index contributed by atoms with van der Waals surface area (Å²) in [6.45, 7) is 7.55. The van der Waals surface area contributed by atoms with E-state index in [1.165, 1.54) is 0 Å². The first-order chi connectivity index (χ1) is 22.2. The second-order valence-electron chi connectivity index (χ2n) is 12.9. The van der Waals surface area contributed by atoms with Crippen molar-refractivity contribution in [3.63, 3.8) is 0 Å². The number of benzene rings is 3. The zero-order valence-corrected chi connectivity index (χ0v) is 26.7. The van der Waals surface area contributed by atoms with Gasteiger partial charge in [-0.2, -0.15) is 4.98 Å². The van der Waals surface area contributed by atoms with Crippen LogP contribution < -0.4 is 14.4 Å². The third-order valence-corrected chi connectivity index (χ3v) is 8.16. The number of rotatable bonds is 10. The third-order valence-electron chi connectivity index (χ3n) is 8.16. The highest BCUT2D eigenvalue weighted by molar-refractivity contribution is 5.94. The van der Waals surface area contributed by atoms with Crippen LogP contribution in [0.2, 0.25) is 0 Å². The normalized spacial score (nSPS) is 14.7. The average Bonchev–Trinajstić information content (AvgIpc) is 3.47. The third kappa shape index (κ3) is 7.51. The van der Waals surface area contributed by atoms with Crippen LogP contribution >= 0.6 is 0 Å². The highest BCUT2D eigenvalue weighted by atomic mass is 16.6. The standard InChI is InChI=1S/C38H41N3O5/c1-37(2,3)46-35(42)25-38(43)20-23-40(24-21-38)31-15-10-16-32-30(31)19-22-41(32)33-17-18-34(44-26-28-11-6-4-7-12-28)39-36(33)45-27-29-13-8-5-9-14-29/h4-19,22,43H,20-21,23-27H2,1-3H3.